The maximum absolute atomic E-state index is 13.1. The Labute approximate surface area is 178 Å². The molecule has 30 heavy (non-hydrogen) atoms. The molecule has 0 unspecified atom stereocenters. The maximum atomic E-state index is 13.1. The van der Waals surface area contributed by atoms with E-state index < -0.39 is 0 Å². The minimum Gasteiger partial charge on any atom is -0.335 e. The van der Waals surface area contributed by atoms with Gasteiger partial charge in [-0.1, -0.05) is 66.7 Å². The Bertz CT molecular complexity index is 894. The van der Waals surface area contributed by atoms with Gasteiger partial charge in [0.15, 0.2) is 0 Å². The van der Waals surface area contributed by atoms with Gasteiger partial charge in [-0.25, -0.2) is 0 Å². The van der Waals surface area contributed by atoms with Gasteiger partial charge in [-0.05, 0) is 43.2 Å². The van der Waals surface area contributed by atoms with E-state index in [-0.39, 0.29) is 11.8 Å². The van der Waals surface area contributed by atoms with Crippen molar-refractivity contribution in [1.29, 1.82) is 0 Å². The Balaban J connectivity index is 1.76. The summed E-state index contributed by atoms with van der Waals surface area (Å²) >= 11 is 0. The van der Waals surface area contributed by atoms with Crippen LogP contribution in [0.5, 0.6) is 0 Å². The van der Waals surface area contributed by atoms with Crippen molar-refractivity contribution in [3.63, 3.8) is 0 Å². The van der Waals surface area contributed by atoms with Crippen LogP contribution in [-0.2, 0) is 13.1 Å². The highest BCUT2D eigenvalue weighted by Crippen LogP contribution is 2.15. The van der Waals surface area contributed by atoms with Crippen LogP contribution in [0.15, 0.2) is 84.9 Å². The molecule has 0 aliphatic heterocycles. The number of benzene rings is 3. The molecule has 0 aliphatic carbocycles. The Morgan fingerprint density at radius 3 is 1.37 bits per heavy atom. The molecular formula is C26H28N2O2. The summed E-state index contributed by atoms with van der Waals surface area (Å²) in [6.07, 6.45) is 0. The third-order valence-corrected chi connectivity index (χ3v) is 5.13. The summed E-state index contributed by atoms with van der Waals surface area (Å²) in [6, 6.07) is 26.9. The van der Waals surface area contributed by atoms with Crippen LogP contribution in [0.1, 0.15) is 45.7 Å². The van der Waals surface area contributed by atoms with Crippen LogP contribution >= 0.6 is 0 Å². The van der Waals surface area contributed by atoms with Gasteiger partial charge in [-0.2, -0.15) is 0 Å². The first-order valence-corrected chi connectivity index (χ1v) is 10.4. The van der Waals surface area contributed by atoms with Crippen molar-refractivity contribution >= 4 is 11.8 Å². The molecule has 0 aliphatic rings. The van der Waals surface area contributed by atoms with Gasteiger partial charge < -0.3 is 9.80 Å². The lowest BCUT2D eigenvalue weighted by atomic mass is 10.1. The first kappa shape index (κ1) is 21.3. The van der Waals surface area contributed by atoms with Crippen LogP contribution in [0.2, 0.25) is 0 Å². The van der Waals surface area contributed by atoms with E-state index in [1.54, 1.807) is 34.1 Å². The van der Waals surface area contributed by atoms with Gasteiger partial charge >= 0.3 is 0 Å². The number of carbonyl (C=O) groups excluding carboxylic acids is 2. The molecule has 3 aromatic carbocycles. The average Bonchev–Trinajstić information content (AvgIpc) is 2.81. The first-order valence-electron chi connectivity index (χ1n) is 10.4. The largest absolute Gasteiger partial charge is 0.335 e. The lowest BCUT2D eigenvalue weighted by Crippen LogP contribution is -2.32. The second-order valence-electron chi connectivity index (χ2n) is 7.19. The van der Waals surface area contributed by atoms with Gasteiger partial charge in [-0.3, -0.25) is 9.59 Å². The third-order valence-electron chi connectivity index (χ3n) is 5.13. The molecule has 2 amide bonds. The van der Waals surface area contributed by atoms with E-state index in [2.05, 4.69) is 0 Å². The summed E-state index contributed by atoms with van der Waals surface area (Å²) in [5, 5.41) is 0. The second-order valence-corrected chi connectivity index (χ2v) is 7.19. The minimum atomic E-state index is -0.0675. The van der Waals surface area contributed by atoms with Crippen LogP contribution in [-0.4, -0.2) is 34.7 Å². The molecule has 154 valence electrons. The van der Waals surface area contributed by atoms with E-state index >= 15 is 0 Å². The highest BCUT2D eigenvalue weighted by molar-refractivity contribution is 5.99. The Morgan fingerprint density at radius 1 is 0.600 bits per heavy atom. The zero-order valence-electron chi connectivity index (χ0n) is 17.6. The second kappa shape index (κ2) is 10.4. The fourth-order valence-electron chi connectivity index (χ4n) is 3.41. The Hall–Kier alpha value is -3.40. The normalized spacial score (nSPS) is 10.5. The maximum Gasteiger partial charge on any atom is 0.254 e. The van der Waals surface area contributed by atoms with Crippen LogP contribution in [0.25, 0.3) is 0 Å². The first-order chi connectivity index (χ1) is 14.6. The van der Waals surface area contributed by atoms with Crippen molar-refractivity contribution in [3.05, 3.63) is 107 Å². The average molecular weight is 401 g/mol. The van der Waals surface area contributed by atoms with E-state index in [0.29, 0.717) is 37.3 Å². The van der Waals surface area contributed by atoms with Crippen molar-refractivity contribution < 1.29 is 9.59 Å². The van der Waals surface area contributed by atoms with Crippen molar-refractivity contribution in [2.75, 3.05) is 13.1 Å². The summed E-state index contributed by atoms with van der Waals surface area (Å²) in [5.74, 6) is -0.135. The molecule has 0 bridgehead atoms. The molecule has 4 nitrogen and oxygen atoms in total. The summed E-state index contributed by atoms with van der Waals surface area (Å²) in [5.41, 5.74) is 3.24. The van der Waals surface area contributed by atoms with E-state index in [0.717, 1.165) is 11.1 Å². The monoisotopic (exact) mass is 400 g/mol. The van der Waals surface area contributed by atoms with Crippen LogP contribution in [0.3, 0.4) is 0 Å². The predicted molar refractivity (Wildman–Crippen MR) is 120 cm³/mol. The lowest BCUT2D eigenvalue weighted by molar-refractivity contribution is 0.0751. The molecule has 0 aromatic heterocycles. The quantitative estimate of drug-likeness (QED) is 0.533. The zero-order chi connectivity index (χ0) is 21.3. The van der Waals surface area contributed by atoms with Gasteiger partial charge in [0.2, 0.25) is 0 Å². The summed E-state index contributed by atoms with van der Waals surface area (Å²) in [4.78, 5) is 29.8. The number of carbonyl (C=O) groups is 2. The van der Waals surface area contributed by atoms with E-state index in [4.69, 9.17) is 0 Å². The van der Waals surface area contributed by atoms with Gasteiger partial charge in [0.25, 0.3) is 11.8 Å². The smallest absolute Gasteiger partial charge is 0.254 e. The van der Waals surface area contributed by atoms with Crippen molar-refractivity contribution in [2.24, 2.45) is 0 Å². The summed E-state index contributed by atoms with van der Waals surface area (Å²) < 4.78 is 0. The molecule has 3 aromatic rings. The fraction of sp³-hybridized carbons (Fsp3) is 0.231. The molecule has 0 fully saturated rings. The molecule has 3 rings (SSSR count). The number of hydrogen-bond donors (Lipinski definition) is 0. The van der Waals surface area contributed by atoms with Crippen LogP contribution < -0.4 is 0 Å². The molecule has 4 heteroatoms. The van der Waals surface area contributed by atoms with Crippen LogP contribution in [0, 0.1) is 0 Å². The van der Waals surface area contributed by atoms with Crippen LogP contribution in [0.4, 0.5) is 0 Å². The number of nitrogens with zero attached hydrogens (tertiary/aromatic N) is 2. The fourth-order valence-corrected chi connectivity index (χ4v) is 3.41. The molecule has 0 saturated heterocycles. The third kappa shape index (κ3) is 5.35. The van der Waals surface area contributed by atoms with Gasteiger partial charge in [-0.15, -0.1) is 0 Å². The Morgan fingerprint density at radius 2 is 1.00 bits per heavy atom. The molecule has 0 spiro atoms. The molecule has 0 saturated carbocycles. The van der Waals surface area contributed by atoms with E-state index in [1.807, 2.05) is 74.5 Å². The Kier molecular flexibility index (Phi) is 7.39. The standard InChI is InChI=1S/C26H28N2O2/c1-3-27(19-21-12-7-5-8-13-21)25(29)23-16-11-17-24(18-23)26(30)28(4-2)20-22-14-9-6-10-15-22/h5-18H,3-4,19-20H2,1-2H3. The zero-order valence-corrected chi connectivity index (χ0v) is 17.6. The van der Waals surface area contributed by atoms with E-state index in [9.17, 15) is 9.59 Å². The highest BCUT2D eigenvalue weighted by atomic mass is 16.2. The number of hydrogen-bond acceptors (Lipinski definition) is 2. The summed E-state index contributed by atoms with van der Waals surface area (Å²) in [7, 11) is 0. The highest BCUT2D eigenvalue weighted by Gasteiger charge is 2.19. The van der Waals surface area contributed by atoms with Crippen molar-refractivity contribution in [3.8, 4) is 0 Å². The van der Waals surface area contributed by atoms with Crippen molar-refractivity contribution in [1.82, 2.24) is 9.80 Å². The molecule has 0 heterocycles. The molecule has 0 atom stereocenters. The van der Waals surface area contributed by atoms with Crippen molar-refractivity contribution in [2.45, 2.75) is 26.9 Å². The minimum absolute atomic E-state index is 0.0675. The SMILES string of the molecule is CCN(Cc1ccccc1)C(=O)c1cccc(C(=O)N(CC)Cc2ccccc2)c1. The predicted octanol–water partition coefficient (Wildman–Crippen LogP) is 5.01. The van der Waals surface area contributed by atoms with Gasteiger partial charge in [0.1, 0.15) is 0 Å². The molecular weight excluding hydrogens is 372 g/mol. The molecule has 0 radical (unpaired) electrons. The molecule has 0 N–H and O–H groups in total. The topological polar surface area (TPSA) is 40.6 Å². The van der Waals surface area contributed by atoms with Gasteiger partial charge in [0.05, 0.1) is 0 Å². The lowest BCUT2D eigenvalue weighted by Gasteiger charge is -2.23. The number of amides is 2. The van der Waals surface area contributed by atoms with E-state index in [1.165, 1.54) is 0 Å². The summed E-state index contributed by atoms with van der Waals surface area (Å²) in [6.45, 7) is 6.22. The van der Waals surface area contributed by atoms with Gasteiger partial charge in [0, 0.05) is 37.3 Å². The number of rotatable bonds is 8.